The monoisotopic (exact) mass is 305 g/mol. The van der Waals surface area contributed by atoms with Gasteiger partial charge in [-0.2, -0.15) is 0 Å². The minimum Gasteiger partial charge on any atom is -0.290 e. The molecule has 3 N–H and O–H groups in total. The van der Waals surface area contributed by atoms with Crippen LogP contribution < -0.4 is 11.3 Å². The van der Waals surface area contributed by atoms with Gasteiger partial charge in [-0.15, -0.1) is 0 Å². The summed E-state index contributed by atoms with van der Waals surface area (Å²) in [6, 6.07) is 9.46. The topological polar surface area (TPSA) is 102 Å². The van der Waals surface area contributed by atoms with Crippen molar-refractivity contribution in [2.75, 3.05) is 0 Å². The third kappa shape index (κ3) is 3.65. The lowest BCUT2D eigenvalue weighted by Crippen LogP contribution is -2.30. The molecule has 0 radical (unpaired) electrons. The Kier molecular flexibility index (Phi) is 4.35. The molecule has 2 aromatic rings. The van der Waals surface area contributed by atoms with Crippen molar-refractivity contribution in [2.45, 2.75) is 17.6 Å². The number of hydrogen-bond acceptors (Lipinski definition) is 5. The first kappa shape index (κ1) is 15.1. The molecule has 0 aliphatic rings. The number of aryl methyl sites for hydroxylation is 1. The maximum atomic E-state index is 12.3. The van der Waals surface area contributed by atoms with Gasteiger partial charge in [0.2, 0.25) is 0 Å². The lowest BCUT2D eigenvalue weighted by molar-refractivity contribution is 0.0953. The van der Waals surface area contributed by atoms with Crippen LogP contribution in [-0.2, 0) is 15.6 Å². The number of carbonyl (C=O) groups is 1. The molecule has 0 saturated carbocycles. The summed E-state index contributed by atoms with van der Waals surface area (Å²) in [7, 11) is -3.50. The molecule has 1 aromatic heterocycles. The lowest BCUT2D eigenvalue weighted by atomic mass is 10.2. The molecule has 1 aromatic carbocycles. The van der Waals surface area contributed by atoms with Gasteiger partial charge in [0, 0.05) is 11.8 Å². The standard InChI is InChI=1S/C14H15N3O3S/c1-10-2-4-13(5-3-10)21(19,20)9-12-8-11(6-7-16-12)14(18)17-15/h2-8H,9,15H2,1H3,(H,17,18). The van der Waals surface area contributed by atoms with Crippen LogP contribution in [0.5, 0.6) is 0 Å². The summed E-state index contributed by atoms with van der Waals surface area (Å²) in [6.45, 7) is 1.88. The van der Waals surface area contributed by atoms with Gasteiger partial charge >= 0.3 is 0 Å². The van der Waals surface area contributed by atoms with Crippen molar-refractivity contribution in [1.29, 1.82) is 0 Å². The average molecular weight is 305 g/mol. The van der Waals surface area contributed by atoms with Crippen LogP contribution in [0.15, 0.2) is 47.5 Å². The van der Waals surface area contributed by atoms with E-state index in [0.29, 0.717) is 0 Å². The van der Waals surface area contributed by atoms with E-state index in [9.17, 15) is 13.2 Å². The maximum Gasteiger partial charge on any atom is 0.265 e. The van der Waals surface area contributed by atoms with Crippen LogP contribution >= 0.6 is 0 Å². The molecule has 0 bridgehead atoms. The first-order chi connectivity index (χ1) is 9.92. The van der Waals surface area contributed by atoms with E-state index in [1.807, 2.05) is 12.3 Å². The summed E-state index contributed by atoms with van der Waals surface area (Å²) in [6.07, 6.45) is 1.38. The van der Waals surface area contributed by atoms with Crippen molar-refractivity contribution >= 4 is 15.7 Å². The van der Waals surface area contributed by atoms with Gasteiger partial charge in [0.15, 0.2) is 9.84 Å². The number of rotatable bonds is 4. The van der Waals surface area contributed by atoms with Gasteiger partial charge in [0.25, 0.3) is 5.91 Å². The third-order valence-corrected chi connectivity index (χ3v) is 4.59. The fourth-order valence-corrected chi connectivity index (χ4v) is 3.07. The van der Waals surface area contributed by atoms with Crippen LogP contribution in [-0.4, -0.2) is 19.3 Å². The molecule has 0 saturated heterocycles. The van der Waals surface area contributed by atoms with Gasteiger partial charge in [-0.3, -0.25) is 15.2 Å². The van der Waals surface area contributed by atoms with Crippen molar-refractivity contribution in [1.82, 2.24) is 10.4 Å². The van der Waals surface area contributed by atoms with Crippen LogP contribution in [0, 0.1) is 6.92 Å². The second-order valence-corrected chi connectivity index (χ2v) is 6.57. The highest BCUT2D eigenvalue weighted by molar-refractivity contribution is 7.90. The summed E-state index contributed by atoms with van der Waals surface area (Å²) in [5.41, 5.74) is 3.53. The fraction of sp³-hybridized carbons (Fsp3) is 0.143. The van der Waals surface area contributed by atoms with E-state index < -0.39 is 15.7 Å². The molecule has 7 heteroatoms. The number of carbonyl (C=O) groups excluding carboxylic acids is 1. The Balaban J connectivity index is 2.28. The first-order valence-corrected chi connectivity index (χ1v) is 7.83. The van der Waals surface area contributed by atoms with E-state index in [1.165, 1.54) is 18.3 Å². The minimum atomic E-state index is -3.50. The van der Waals surface area contributed by atoms with E-state index in [2.05, 4.69) is 4.98 Å². The van der Waals surface area contributed by atoms with E-state index in [-0.39, 0.29) is 21.9 Å². The van der Waals surface area contributed by atoms with E-state index in [0.717, 1.165) is 5.56 Å². The Bertz CT molecular complexity index is 755. The SMILES string of the molecule is Cc1ccc(S(=O)(=O)Cc2cc(C(=O)NN)ccn2)cc1. The van der Waals surface area contributed by atoms with Gasteiger partial charge in [0.1, 0.15) is 0 Å². The molecule has 21 heavy (non-hydrogen) atoms. The summed E-state index contributed by atoms with van der Waals surface area (Å²) in [5.74, 6) is 4.28. The largest absolute Gasteiger partial charge is 0.290 e. The van der Waals surface area contributed by atoms with Crippen LogP contribution in [0.2, 0.25) is 0 Å². The lowest BCUT2D eigenvalue weighted by Gasteiger charge is -2.06. The molecule has 2 rings (SSSR count). The second-order valence-electron chi connectivity index (χ2n) is 4.58. The van der Waals surface area contributed by atoms with Gasteiger partial charge < -0.3 is 0 Å². The van der Waals surface area contributed by atoms with Crippen LogP contribution in [0.1, 0.15) is 21.6 Å². The summed E-state index contributed by atoms with van der Waals surface area (Å²) < 4.78 is 24.6. The van der Waals surface area contributed by atoms with Crippen molar-refractivity contribution < 1.29 is 13.2 Å². The number of aromatic nitrogens is 1. The number of benzene rings is 1. The Morgan fingerprint density at radius 1 is 1.24 bits per heavy atom. The fourth-order valence-electron chi connectivity index (χ4n) is 1.81. The average Bonchev–Trinajstić information content (AvgIpc) is 2.46. The molecule has 0 fully saturated rings. The minimum absolute atomic E-state index is 0.226. The van der Waals surface area contributed by atoms with Crippen molar-refractivity contribution in [3.05, 3.63) is 59.4 Å². The summed E-state index contributed by atoms with van der Waals surface area (Å²) in [4.78, 5) is 15.6. The Hall–Kier alpha value is -2.25. The van der Waals surface area contributed by atoms with Crippen LogP contribution in [0.3, 0.4) is 0 Å². The predicted molar refractivity (Wildman–Crippen MR) is 78.0 cm³/mol. The first-order valence-electron chi connectivity index (χ1n) is 6.18. The third-order valence-electron chi connectivity index (χ3n) is 2.93. The molecule has 0 unspecified atom stereocenters. The highest BCUT2D eigenvalue weighted by Gasteiger charge is 2.17. The zero-order valence-corrected chi connectivity index (χ0v) is 12.2. The van der Waals surface area contributed by atoms with Crippen molar-refractivity contribution in [3.8, 4) is 0 Å². The molecular weight excluding hydrogens is 290 g/mol. The van der Waals surface area contributed by atoms with Crippen molar-refractivity contribution in [2.24, 2.45) is 5.84 Å². The number of nitrogens with one attached hydrogen (secondary N) is 1. The number of nitrogens with zero attached hydrogens (tertiary/aromatic N) is 1. The zero-order valence-electron chi connectivity index (χ0n) is 11.4. The molecule has 0 spiro atoms. The van der Waals surface area contributed by atoms with Gasteiger partial charge in [0.05, 0.1) is 16.3 Å². The molecule has 1 amide bonds. The van der Waals surface area contributed by atoms with Crippen molar-refractivity contribution in [3.63, 3.8) is 0 Å². The Morgan fingerprint density at radius 3 is 2.52 bits per heavy atom. The summed E-state index contributed by atoms with van der Waals surface area (Å²) >= 11 is 0. The quantitative estimate of drug-likeness (QED) is 0.498. The number of hydrogen-bond donors (Lipinski definition) is 2. The summed E-state index contributed by atoms with van der Waals surface area (Å²) in [5, 5.41) is 0. The Morgan fingerprint density at radius 2 is 1.90 bits per heavy atom. The maximum absolute atomic E-state index is 12.3. The molecule has 1 heterocycles. The van der Waals surface area contributed by atoms with Gasteiger partial charge in [-0.25, -0.2) is 14.3 Å². The highest BCUT2D eigenvalue weighted by atomic mass is 32.2. The molecule has 0 aliphatic carbocycles. The molecule has 6 nitrogen and oxygen atoms in total. The van der Waals surface area contributed by atoms with Crippen LogP contribution in [0.4, 0.5) is 0 Å². The van der Waals surface area contributed by atoms with Gasteiger partial charge in [-0.05, 0) is 31.2 Å². The smallest absolute Gasteiger partial charge is 0.265 e. The predicted octanol–water partition coefficient (Wildman–Crippen LogP) is 0.967. The molecule has 110 valence electrons. The zero-order chi connectivity index (χ0) is 15.5. The molecule has 0 atom stereocenters. The number of hydrazine groups is 1. The molecular formula is C14H15N3O3S. The molecule has 0 aliphatic heterocycles. The second kappa shape index (κ2) is 6.02. The van der Waals surface area contributed by atoms with Gasteiger partial charge in [-0.1, -0.05) is 17.7 Å². The normalized spacial score (nSPS) is 11.1. The number of nitrogen functional groups attached to an aromatic ring is 1. The highest BCUT2D eigenvalue weighted by Crippen LogP contribution is 2.16. The van der Waals surface area contributed by atoms with E-state index in [4.69, 9.17) is 5.84 Å². The number of amides is 1. The van der Waals surface area contributed by atoms with E-state index >= 15 is 0 Å². The number of nitrogens with two attached hydrogens (primary N) is 1. The number of sulfone groups is 1. The van der Waals surface area contributed by atoms with Crippen LogP contribution in [0.25, 0.3) is 0 Å². The number of pyridine rings is 1. The van der Waals surface area contributed by atoms with E-state index in [1.54, 1.807) is 24.3 Å². The Labute approximate surface area is 122 Å².